The van der Waals surface area contributed by atoms with E-state index in [2.05, 4.69) is 5.32 Å². The third kappa shape index (κ3) is 3.92. The first-order valence-corrected chi connectivity index (χ1v) is 6.87. The van der Waals surface area contributed by atoms with Crippen molar-refractivity contribution in [2.45, 2.75) is 37.6 Å². The highest BCUT2D eigenvalue weighted by atomic mass is 35.5. The average Bonchev–Trinajstić information content (AvgIpc) is 2.36. The van der Waals surface area contributed by atoms with Crippen molar-refractivity contribution in [2.75, 3.05) is 6.54 Å². The molecule has 1 fully saturated rings. The fraction of sp³-hybridized carbons (Fsp3) is 0.571. The van der Waals surface area contributed by atoms with Crippen molar-refractivity contribution in [1.82, 2.24) is 5.32 Å². The Balaban J connectivity index is 1.76. The molecule has 1 aliphatic carbocycles. The first-order valence-electron chi connectivity index (χ1n) is 6.44. The molecule has 1 aromatic carbocycles. The predicted molar refractivity (Wildman–Crippen MR) is 69.7 cm³/mol. The molecule has 2 rings (SSSR count). The highest BCUT2D eigenvalue weighted by molar-refractivity contribution is 6.20. The van der Waals surface area contributed by atoms with Gasteiger partial charge in [0.15, 0.2) is 0 Å². The Morgan fingerprint density at radius 2 is 1.89 bits per heavy atom. The van der Waals surface area contributed by atoms with Crippen LogP contribution in [0.1, 0.15) is 31.2 Å². The molecule has 0 radical (unpaired) electrons. The highest BCUT2D eigenvalue weighted by Crippen LogP contribution is 2.27. The quantitative estimate of drug-likeness (QED) is 0.822. The second kappa shape index (κ2) is 6.48. The Hall–Kier alpha value is -0.670. The summed E-state index contributed by atoms with van der Waals surface area (Å²) in [4.78, 5) is 0. The van der Waals surface area contributed by atoms with Gasteiger partial charge in [-0.25, -0.2) is 8.78 Å². The number of hydrogen-bond donors (Lipinski definition) is 1. The van der Waals surface area contributed by atoms with Crippen molar-refractivity contribution in [2.24, 2.45) is 5.92 Å². The summed E-state index contributed by atoms with van der Waals surface area (Å²) < 4.78 is 26.3. The van der Waals surface area contributed by atoms with Gasteiger partial charge in [0.1, 0.15) is 11.6 Å². The Kier molecular flexibility index (Phi) is 4.95. The third-order valence-electron chi connectivity index (χ3n) is 3.53. The maximum Gasteiger partial charge on any atom is 0.127 e. The Morgan fingerprint density at radius 3 is 2.61 bits per heavy atom. The average molecular weight is 274 g/mol. The topological polar surface area (TPSA) is 12.0 Å². The summed E-state index contributed by atoms with van der Waals surface area (Å²) >= 11 is 6.04. The molecular formula is C14H18ClF2N. The van der Waals surface area contributed by atoms with Crippen molar-refractivity contribution in [3.63, 3.8) is 0 Å². The van der Waals surface area contributed by atoms with Gasteiger partial charge in [-0.3, -0.25) is 0 Å². The van der Waals surface area contributed by atoms with Gasteiger partial charge in [0.05, 0.1) is 0 Å². The standard InChI is InChI=1S/C14H18ClF2N/c15-12-3-1-10(2-4-12)8-18-9-11-7-13(16)5-6-14(11)17/h5-7,10,12,18H,1-4,8-9H2. The van der Waals surface area contributed by atoms with Gasteiger partial charge in [-0.1, -0.05) is 0 Å². The lowest BCUT2D eigenvalue weighted by atomic mass is 9.89. The minimum Gasteiger partial charge on any atom is -0.312 e. The molecule has 1 aromatic rings. The van der Waals surface area contributed by atoms with Crippen LogP contribution in [0, 0.1) is 17.6 Å². The van der Waals surface area contributed by atoms with Crippen LogP contribution < -0.4 is 5.32 Å². The van der Waals surface area contributed by atoms with Gasteiger partial charge >= 0.3 is 0 Å². The number of benzene rings is 1. The summed E-state index contributed by atoms with van der Waals surface area (Å²) in [5.41, 5.74) is 0.390. The molecule has 0 amide bonds. The molecule has 0 bridgehead atoms. The molecule has 0 heterocycles. The second-order valence-corrected chi connectivity index (χ2v) is 5.60. The molecule has 0 aromatic heterocycles. The first-order chi connectivity index (χ1) is 8.65. The van der Waals surface area contributed by atoms with Crippen LogP contribution in [-0.2, 0) is 6.54 Å². The first kappa shape index (κ1) is 13.8. The van der Waals surface area contributed by atoms with Gasteiger partial charge in [0, 0.05) is 17.5 Å². The number of halogens is 3. The van der Waals surface area contributed by atoms with Gasteiger partial charge in [0.25, 0.3) is 0 Å². The normalized spacial score (nSPS) is 24.2. The van der Waals surface area contributed by atoms with E-state index in [4.69, 9.17) is 11.6 Å². The van der Waals surface area contributed by atoms with Crippen LogP contribution in [0.15, 0.2) is 18.2 Å². The van der Waals surface area contributed by atoms with Gasteiger partial charge in [0.2, 0.25) is 0 Å². The fourth-order valence-electron chi connectivity index (χ4n) is 2.42. The van der Waals surface area contributed by atoms with Gasteiger partial charge in [-0.15, -0.1) is 11.6 Å². The van der Waals surface area contributed by atoms with Crippen molar-refractivity contribution in [3.8, 4) is 0 Å². The van der Waals surface area contributed by atoms with Crippen LogP contribution in [0.3, 0.4) is 0 Å². The summed E-state index contributed by atoms with van der Waals surface area (Å²) in [6, 6.07) is 3.56. The zero-order valence-corrected chi connectivity index (χ0v) is 11.0. The molecule has 1 aliphatic rings. The van der Waals surface area contributed by atoms with Crippen molar-refractivity contribution >= 4 is 11.6 Å². The summed E-state index contributed by atoms with van der Waals surface area (Å²) in [6.45, 7) is 1.23. The largest absolute Gasteiger partial charge is 0.312 e. The van der Waals surface area contributed by atoms with E-state index in [0.717, 1.165) is 38.3 Å². The monoisotopic (exact) mass is 273 g/mol. The van der Waals surface area contributed by atoms with Crippen LogP contribution in [0.25, 0.3) is 0 Å². The predicted octanol–water partition coefficient (Wildman–Crippen LogP) is 3.85. The van der Waals surface area contributed by atoms with Crippen LogP contribution in [0.4, 0.5) is 8.78 Å². The van der Waals surface area contributed by atoms with Crippen LogP contribution in [0.5, 0.6) is 0 Å². The van der Waals surface area contributed by atoms with E-state index >= 15 is 0 Å². The molecule has 0 unspecified atom stereocenters. The van der Waals surface area contributed by atoms with Crippen LogP contribution in [0.2, 0.25) is 0 Å². The Bertz CT molecular complexity index is 389. The Morgan fingerprint density at radius 1 is 1.17 bits per heavy atom. The maximum absolute atomic E-state index is 13.4. The van der Waals surface area contributed by atoms with Crippen molar-refractivity contribution < 1.29 is 8.78 Å². The smallest absolute Gasteiger partial charge is 0.127 e. The van der Waals surface area contributed by atoms with Crippen LogP contribution >= 0.6 is 11.6 Å². The zero-order valence-electron chi connectivity index (χ0n) is 10.3. The maximum atomic E-state index is 13.4. The molecule has 100 valence electrons. The number of hydrogen-bond acceptors (Lipinski definition) is 1. The molecule has 4 heteroatoms. The van der Waals surface area contributed by atoms with E-state index in [0.29, 0.717) is 23.4 Å². The summed E-state index contributed by atoms with van der Waals surface area (Å²) in [6.07, 6.45) is 4.35. The van der Waals surface area contributed by atoms with E-state index in [9.17, 15) is 8.78 Å². The van der Waals surface area contributed by atoms with Gasteiger partial charge in [-0.2, -0.15) is 0 Å². The lowest BCUT2D eigenvalue weighted by Crippen LogP contribution is -2.26. The SMILES string of the molecule is Fc1ccc(F)c(CNCC2CCC(Cl)CC2)c1. The lowest BCUT2D eigenvalue weighted by molar-refractivity contribution is 0.344. The Labute approximate surface area is 112 Å². The fourth-order valence-corrected chi connectivity index (χ4v) is 2.67. The van der Waals surface area contributed by atoms with Crippen molar-refractivity contribution in [3.05, 3.63) is 35.4 Å². The molecule has 1 saturated carbocycles. The molecule has 0 saturated heterocycles. The molecule has 0 atom stereocenters. The van der Waals surface area contributed by atoms with Crippen molar-refractivity contribution in [1.29, 1.82) is 0 Å². The summed E-state index contributed by atoms with van der Waals surface area (Å²) in [5, 5.41) is 3.53. The zero-order chi connectivity index (χ0) is 13.0. The highest BCUT2D eigenvalue weighted by Gasteiger charge is 2.18. The van der Waals surface area contributed by atoms with E-state index < -0.39 is 5.82 Å². The molecule has 18 heavy (non-hydrogen) atoms. The third-order valence-corrected chi connectivity index (χ3v) is 3.97. The number of nitrogens with one attached hydrogen (secondary N) is 1. The van der Waals surface area contributed by atoms with Crippen LogP contribution in [-0.4, -0.2) is 11.9 Å². The molecule has 1 N–H and O–H groups in total. The minimum atomic E-state index is -0.393. The van der Waals surface area contributed by atoms with E-state index in [1.54, 1.807) is 0 Å². The van der Waals surface area contributed by atoms with Gasteiger partial charge < -0.3 is 5.32 Å². The molecule has 0 spiro atoms. The lowest BCUT2D eigenvalue weighted by Gasteiger charge is -2.25. The number of alkyl halides is 1. The van der Waals surface area contributed by atoms with E-state index in [1.165, 1.54) is 12.1 Å². The minimum absolute atomic E-state index is 0.321. The van der Waals surface area contributed by atoms with Gasteiger partial charge in [-0.05, 0) is 56.3 Å². The van der Waals surface area contributed by atoms with E-state index in [1.807, 2.05) is 0 Å². The summed E-state index contributed by atoms with van der Waals surface area (Å²) in [7, 11) is 0. The van der Waals surface area contributed by atoms with E-state index in [-0.39, 0.29) is 5.82 Å². The second-order valence-electron chi connectivity index (χ2n) is 4.98. The number of rotatable bonds is 4. The summed E-state index contributed by atoms with van der Waals surface area (Å²) in [5.74, 6) is -0.138. The molecular weight excluding hydrogens is 256 g/mol. The molecule has 1 nitrogen and oxygen atoms in total. The molecule has 0 aliphatic heterocycles.